The summed E-state index contributed by atoms with van der Waals surface area (Å²) in [7, 11) is 5.65. The van der Waals surface area contributed by atoms with Gasteiger partial charge in [0.25, 0.3) is 0 Å². The molecule has 1 unspecified atom stereocenters. The molecule has 114 valence electrons. The van der Waals surface area contributed by atoms with Crippen LogP contribution in [0, 0.1) is 0 Å². The molecule has 1 N–H and O–H groups in total. The van der Waals surface area contributed by atoms with Gasteiger partial charge in [0.05, 0.1) is 30.6 Å². The summed E-state index contributed by atoms with van der Waals surface area (Å²) in [5, 5.41) is 7.79. The minimum Gasteiger partial charge on any atom is -0.493 e. The number of methoxy groups -OCH3 is 1. The number of hydrogen-bond donors (Lipinski definition) is 1. The fourth-order valence-corrected chi connectivity index (χ4v) is 3.52. The Hall–Kier alpha value is -1.07. The molecule has 20 heavy (non-hydrogen) atoms. The van der Waals surface area contributed by atoms with Crippen LogP contribution < -0.4 is 10.1 Å². The van der Waals surface area contributed by atoms with E-state index in [1.807, 2.05) is 18.8 Å². The predicted molar refractivity (Wildman–Crippen MR) is 79.0 cm³/mol. The van der Waals surface area contributed by atoms with Gasteiger partial charge in [-0.25, -0.2) is 0 Å². The van der Waals surface area contributed by atoms with E-state index < -0.39 is 0 Å². The third kappa shape index (κ3) is 2.69. The molecule has 0 amide bonds. The zero-order valence-electron chi connectivity index (χ0n) is 13.1. The highest BCUT2D eigenvalue weighted by Gasteiger charge is 2.43. The van der Waals surface area contributed by atoms with Crippen molar-refractivity contribution in [1.82, 2.24) is 15.1 Å². The molecule has 0 spiro atoms. The van der Waals surface area contributed by atoms with Gasteiger partial charge in [0.2, 0.25) is 0 Å². The summed E-state index contributed by atoms with van der Waals surface area (Å²) in [5.74, 6) is 0.830. The number of aryl methyl sites for hydroxylation is 1. The summed E-state index contributed by atoms with van der Waals surface area (Å²) >= 11 is 0. The Balaban J connectivity index is 2.39. The number of nitrogens with one attached hydrogen (secondary N) is 1. The highest BCUT2D eigenvalue weighted by molar-refractivity contribution is 5.30. The summed E-state index contributed by atoms with van der Waals surface area (Å²) in [5.41, 5.74) is 0.924. The van der Waals surface area contributed by atoms with E-state index in [2.05, 4.69) is 17.3 Å². The van der Waals surface area contributed by atoms with Gasteiger partial charge in [-0.2, -0.15) is 5.10 Å². The van der Waals surface area contributed by atoms with Crippen molar-refractivity contribution < 1.29 is 9.47 Å². The second kappa shape index (κ2) is 6.59. The van der Waals surface area contributed by atoms with Crippen molar-refractivity contribution in [3.63, 3.8) is 0 Å². The Kier molecular flexibility index (Phi) is 5.05. The van der Waals surface area contributed by atoms with Gasteiger partial charge < -0.3 is 14.8 Å². The van der Waals surface area contributed by atoms with Gasteiger partial charge in [0.15, 0.2) is 5.75 Å². The van der Waals surface area contributed by atoms with E-state index in [9.17, 15) is 0 Å². The molecule has 1 heterocycles. The van der Waals surface area contributed by atoms with Crippen LogP contribution in [0.3, 0.4) is 0 Å². The fraction of sp³-hybridized carbons (Fsp3) is 0.800. The van der Waals surface area contributed by atoms with Gasteiger partial charge in [-0.05, 0) is 26.8 Å². The second-order valence-electron chi connectivity index (χ2n) is 5.50. The van der Waals surface area contributed by atoms with Crippen molar-refractivity contribution >= 4 is 0 Å². The molecule has 1 aliphatic rings. The van der Waals surface area contributed by atoms with Crippen LogP contribution in [0.25, 0.3) is 0 Å². The first-order chi connectivity index (χ1) is 9.68. The number of hydrogen-bond acceptors (Lipinski definition) is 4. The van der Waals surface area contributed by atoms with Crippen LogP contribution in [0.5, 0.6) is 5.75 Å². The van der Waals surface area contributed by atoms with Crippen LogP contribution in [0.1, 0.15) is 50.8 Å². The maximum atomic E-state index is 6.24. The fourth-order valence-electron chi connectivity index (χ4n) is 3.52. The second-order valence-corrected chi connectivity index (χ2v) is 5.50. The molecular formula is C15H27N3O2. The monoisotopic (exact) mass is 281 g/mol. The van der Waals surface area contributed by atoms with Crippen LogP contribution in [-0.2, 0) is 11.8 Å². The van der Waals surface area contributed by atoms with E-state index in [1.165, 1.54) is 19.3 Å². The quantitative estimate of drug-likeness (QED) is 0.870. The first-order valence-electron chi connectivity index (χ1n) is 7.55. The van der Waals surface area contributed by atoms with E-state index in [4.69, 9.17) is 9.47 Å². The third-order valence-corrected chi connectivity index (χ3v) is 4.39. The number of rotatable bonds is 6. The average Bonchev–Trinajstić information content (AvgIpc) is 2.82. The molecule has 1 aromatic rings. The van der Waals surface area contributed by atoms with Gasteiger partial charge in [0, 0.05) is 13.7 Å². The number of ether oxygens (including phenoxy) is 2. The maximum Gasteiger partial charge on any atom is 0.161 e. The summed E-state index contributed by atoms with van der Waals surface area (Å²) in [6, 6.07) is 0.102. The van der Waals surface area contributed by atoms with Crippen LogP contribution in [-0.4, -0.2) is 36.1 Å². The molecular weight excluding hydrogens is 254 g/mol. The molecule has 1 aliphatic carbocycles. The first-order valence-corrected chi connectivity index (χ1v) is 7.55. The Morgan fingerprint density at radius 2 is 2.10 bits per heavy atom. The SMILES string of the molecule is CCOC1(C(NC)c2c(OC)cnn2C)CCCCC1. The van der Waals surface area contributed by atoms with Crippen LogP contribution in [0.15, 0.2) is 6.20 Å². The molecule has 1 fully saturated rings. The Morgan fingerprint density at radius 1 is 1.40 bits per heavy atom. The third-order valence-electron chi connectivity index (χ3n) is 4.39. The lowest BCUT2D eigenvalue weighted by molar-refractivity contribution is -0.0917. The van der Waals surface area contributed by atoms with Crippen molar-refractivity contribution in [2.45, 2.75) is 50.7 Å². The highest BCUT2D eigenvalue weighted by atomic mass is 16.5. The molecule has 0 bridgehead atoms. The van der Waals surface area contributed by atoms with E-state index >= 15 is 0 Å². The maximum absolute atomic E-state index is 6.24. The lowest BCUT2D eigenvalue weighted by Crippen LogP contribution is -2.47. The molecule has 0 aliphatic heterocycles. The normalized spacial score (nSPS) is 19.8. The molecule has 1 aromatic heterocycles. The zero-order chi connectivity index (χ0) is 14.6. The van der Waals surface area contributed by atoms with E-state index in [0.717, 1.165) is 30.9 Å². The topological polar surface area (TPSA) is 48.3 Å². The van der Waals surface area contributed by atoms with Crippen molar-refractivity contribution in [3.8, 4) is 5.75 Å². The smallest absolute Gasteiger partial charge is 0.161 e. The lowest BCUT2D eigenvalue weighted by Gasteiger charge is -2.43. The predicted octanol–water partition coefficient (Wildman–Crippen LogP) is 2.43. The van der Waals surface area contributed by atoms with E-state index in [1.54, 1.807) is 13.3 Å². The van der Waals surface area contributed by atoms with Gasteiger partial charge >= 0.3 is 0 Å². The highest BCUT2D eigenvalue weighted by Crippen LogP contribution is 2.43. The molecule has 1 atom stereocenters. The molecule has 0 radical (unpaired) electrons. The van der Waals surface area contributed by atoms with Gasteiger partial charge in [-0.1, -0.05) is 19.3 Å². The van der Waals surface area contributed by atoms with Gasteiger partial charge in [0.1, 0.15) is 0 Å². The van der Waals surface area contributed by atoms with Crippen LogP contribution >= 0.6 is 0 Å². The van der Waals surface area contributed by atoms with Crippen molar-refractivity contribution in [2.24, 2.45) is 7.05 Å². The van der Waals surface area contributed by atoms with Gasteiger partial charge in [-0.15, -0.1) is 0 Å². The minimum absolute atomic E-state index is 0.102. The van der Waals surface area contributed by atoms with Crippen molar-refractivity contribution in [3.05, 3.63) is 11.9 Å². The molecule has 1 saturated carbocycles. The summed E-state index contributed by atoms with van der Waals surface area (Å²) in [6.45, 7) is 2.81. The molecule has 0 aromatic carbocycles. The first kappa shape index (κ1) is 15.3. The molecule has 2 rings (SSSR count). The molecule has 5 nitrogen and oxygen atoms in total. The summed E-state index contributed by atoms with van der Waals surface area (Å²) in [6.07, 6.45) is 7.69. The number of aromatic nitrogens is 2. The molecule has 5 heteroatoms. The zero-order valence-corrected chi connectivity index (χ0v) is 13.1. The summed E-state index contributed by atoms with van der Waals surface area (Å²) < 4.78 is 13.6. The Labute approximate surface area is 121 Å². The average molecular weight is 281 g/mol. The number of likely N-dealkylation sites (N-methyl/N-ethyl adjacent to an activating group) is 1. The largest absolute Gasteiger partial charge is 0.493 e. The van der Waals surface area contributed by atoms with Crippen LogP contribution in [0.4, 0.5) is 0 Å². The lowest BCUT2D eigenvalue weighted by atomic mass is 9.77. The minimum atomic E-state index is -0.150. The Morgan fingerprint density at radius 3 is 2.65 bits per heavy atom. The van der Waals surface area contributed by atoms with E-state index in [-0.39, 0.29) is 11.6 Å². The van der Waals surface area contributed by atoms with Crippen LogP contribution in [0.2, 0.25) is 0 Å². The van der Waals surface area contributed by atoms with E-state index in [0.29, 0.717) is 0 Å². The Bertz CT molecular complexity index is 419. The molecule has 0 saturated heterocycles. The number of nitrogens with zero attached hydrogens (tertiary/aromatic N) is 2. The van der Waals surface area contributed by atoms with Gasteiger partial charge in [-0.3, -0.25) is 4.68 Å². The van der Waals surface area contributed by atoms with Crippen molar-refractivity contribution in [2.75, 3.05) is 20.8 Å². The van der Waals surface area contributed by atoms with Crippen molar-refractivity contribution in [1.29, 1.82) is 0 Å². The standard InChI is InChI=1S/C15H27N3O2/c1-5-20-15(9-7-6-8-10-15)14(16-2)13-12(19-4)11-17-18(13)3/h11,14,16H,5-10H2,1-4H3. The summed E-state index contributed by atoms with van der Waals surface area (Å²) in [4.78, 5) is 0.